The fourth-order valence-electron chi connectivity index (χ4n) is 8.46. The van der Waals surface area contributed by atoms with Crippen molar-refractivity contribution in [3.8, 4) is 0 Å². The minimum atomic E-state index is -1.48. The highest BCUT2D eigenvalue weighted by Crippen LogP contribution is 2.69. The van der Waals surface area contributed by atoms with E-state index >= 15 is 0 Å². The zero-order valence-electron chi connectivity index (χ0n) is 21.6. The molecule has 9 unspecified atom stereocenters. The summed E-state index contributed by atoms with van der Waals surface area (Å²) in [5.41, 5.74) is -1.69. The molecule has 0 aliphatic heterocycles. The Morgan fingerprint density at radius 3 is 2.49 bits per heavy atom. The second-order valence-corrected chi connectivity index (χ2v) is 11.6. The molecule has 0 radical (unpaired) electrons. The summed E-state index contributed by atoms with van der Waals surface area (Å²) >= 11 is 0. The minimum Gasteiger partial charge on any atom is -0.458 e. The van der Waals surface area contributed by atoms with Gasteiger partial charge in [0.05, 0.1) is 6.10 Å². The number of rotatable bonds is 5. The lowest BCUT2D eigenvalue weighted by atomic mass is 9.44. The molecule has 0 amide bonds. The van der Waals surface area contributed by atoms with Gasteiger partial charge in [0, 0.05) is 36.0 Å². The van der Waals surface area contributed by atoms with Crippen LogP contribution in [0.1, 0.15) is 67.2 Å². The van der Waals surface area contributed by atoms with E-state index in [1.807, 2.05) is 19.9 Å². The van der Waals surface area contributed by atoms with E-state index in [9.17, 15) is 24.3 Å². The Hall–Kier alpha value is -2.28. The van der Waals surface area contributed by atoms with E-state index in [1.165, 1.54) is 6.92 Å². The molecule has 9 atom stereocenters. The predicted octanol–water partition coefficient (Wildman–Crippen LogP) is 3.58. The van der Waals surface area contributed by atoms with Crippen molar-refractivity contribution in [3.63, 3.8) is 0 Å². The van der Waals surface area contributed by atoms with E-state index in [1.54, 1.807) is 19.1 Å². The van der Waals surface area contributed by atoms with Crippen LogP contribution < -0.4 is 0 Å². The Morgan fingerprint density at radius 1 is 1.17 bits per heavy atom. The number of fused-ring (bicyclic) bond motifs is 5. The Morgan fingerprint density at radius 2 is 1.86 bits per heavy atom. The monoisotopic (exact) mass is 486 g/mol. The van der Waals surface area contributed by atoms with Crippen molar-refractivity contribution in [2.24, 2.45) is 40.4 Å². The van der Waals surface area contributed by atoms with Crippen molar-refractivity contribution >= 4 is 23.5 Å². The molecule has 0 bridgehead atoms. The molecule has 1 N–H and O–H groups in total. The number of allylic oxidation sites excluding steroid dienone is 4. The maximum Gasteiger partial charge on any atom is 0.306 e. The number of aliphatic hydroxyl groups is 1. The predicted molar refractivity (Wildman–Crippen MR) is 128 cm³/mol. The van der Waals surface area contributed by atoms with Gasteiger partial charge in [-0.25, -0.2) is 0 Å². The Labute approximate surface area is 207 Å². The second kappa shape index (κ2) is 8.68. The molecule has 0 aromatic carbocycles. The summed E-state index contributed by atoms with van der Waals surface area (Å²) in [6.45, 7) is 10.6. The van der Waals surface area contributed by atoms with E-state index in [2.05, 4.69) is 13.8 Å². The first-order valence-corrected chi connectivity index (χ1v) is 12.8. The van der Waals surface area contributed by atoms with Crippen molar-refractivity contribution in [2.45, 2.75) is 78.9 Å². The van der Waals surface area contributed by atoms with Gasteiger partial charge in [-0.3, -0.25) is 19.2 Å². The highest BCUT2D eigenvalue weighted by Gasteiger charge is 2.73. The molecule has 0 heterocycles. The Kier molecular flexibility index (Phi) is 6.40. The van der Waals surface area contributed by atoms with Crippen LogP contribution in [0.25, 0.3) is 0 Å². The standard InChI is InChI=1S/C28H38O7/c1-7-24(33)35-28(23(32)14-34-17(4)29)16(3)11-21-19-10-15(2)20-12-18(30)8-9-26(20,5)25(19)22(31)13-27(21,28)6/h8-9,12,15-16,19,21-22,25,31H,7,10-11,13-14H2,1-6H3. The largest absolute Gasteiger partial charge is 0.458 e. The fourth-order valence-corrected chi connectivity index (χ4v) is 8.46. The molecule has 4 aliphatic carbocycles. The smallest absolute Gasteiger partial charge is 0.306 e. The third-order valence-electron chi connectivity index (χ3n) is 9.74. The highest BCUT2D eigenvalue weighted by atomic mass is 16.6. The number of carbonyl (C=O) groups excluding carboxylic acids is 4. The molecule has 4 aliphatic rings. The maximum absolute atomic E-state index is 13.8. The highest BCUT2D eigenvalue weighted by molar-refractivity contribution is 6.01. The van der Waals surface area contributed by atoms with Gasteiger partial charge in [-0.15, -0.1) is 0 Å². The van der Waals surface area contributed by atoms with Crippen LogP contribution in [-0.2, 0) is 28.7 Å². The molecule has 0 aromatic rings. The molecule has 0 spiro atoms. The van der Waals surface area contributed by atoms with Gasteiger partial charge in [0.2, 0.25) is 5.78 Å². The van der Waals surface area contributed by atoms with Crippen LogP contribution in [0.5, 0.6) is 0 Å². The average molecular weight is 487 g/mol. The number of Topliss-reactive ketones (excluding diaryl/α,β-unsaturated/α-hetero) is 1. The van der Waals surface area contributed by atoms with Crippen molar-refractivity contribution in [2.75, 3.05) is 6.61 Å². The van der Waals surface area contributed by atoms with Gasteiger partial charge in [-0.05, 0) is 49.2 Å². The lowest BCUT2D eigenvalue weighted by Crippen LogP contribution is -2.64. The number of carbonyl (C=O) groups is 4. The number of hydrogen-bond acceptors (Lipinski definition) is 7. The number of ether oxygens (including phenoxy) is 2. The summed E-state index contributed by atoms with van der Waals surface area (Å²) in [4.78, 5) is 50.1. The zero-order chi connectivity index (χ0) is 25.9. The van der Waals surface area contributed by atoms with E-state index in [4.69, 9.17) is 9.47 Å². The van der Waals surface area contributed by atoms with Crippen molar-refractivity contribution < 1.29 is 33.8 Å². The average Bonchev–Trinajstić information content (AvgIpc) is 3.00. The minimum absolute atomic E-state index is 0.0173. The molecule has 4 rings (SSSR count). The Bertz CT molecular complexity index is 1010. The van der Waals surface area contributed by atoms with Gasteiger partial charge in [0.15, 0.2) is 18.0 Å². The first-order chi connectivity index (χ1) is 16.3. The SMILES string of the molecule is CCC(=O)OC1(C(=O)COC(C)=O)C(C)CC2C3CC(C)C4=CC(=O)C=CC4(C)C3C(O)CC21C. The summed E-state index contributed by atoms with van der Waals surface area (Å²) in [7, 11) is 0. The maximum atomic E-state index is 13.8. The second-order valence-electron chi connectivity index (χ2n) is 11.6. The van der Waals surface area contributed by atoms with Crippen molar-refractivity contribution in [1.82, 2.24) is 0 Å². The Balaban J connectivity index is 1.80. The molecule has 3 fully saturated rings. The van der Waals surface area contributed by atoms with Crippen molar-refractivity contribution in [3.05, 3.63) is 23.8 Å². The van der Waals surface area contributed by atoms with Gasteiger partial charge in [-0.1, -0.05) is 46.3 Å². The van der Waals surface area contributed by atoms with Crippen LogP contribution in [0.3, 0.4) is 0 Å². The number of ketones is 2. The molecule has 3 saturated carbocycles. The number of aliphatic hydroxyl groups excluding tert-OH is 1. The molecule has 0 aromatic heterocycles. The van der Waals surface area contributed by atoms with Crippen LogP contribution in [-0.4, -0.2) is 46.9 Å². The van der Waals surface area contributed by atoms with Crippen LogP contribution in [0.4, 0.5) is 0 Å². The summed E-state index contributed by atoms with van der Waals surface area (Å²) in [6.07, 6.45) is 6.38. The molecular weight excluding hydrogens is 448 g/mol. The zero-order valence-corrected chi connectivity index (χ0v) is 21.6. The lowest BCUT2D eigenvalue weighted by Gasteiger charge is -2.61. The number of hydrogen-bond donors (Lipinski definition) is 1. The third-order valence-corrected chi connectivity index (χ3v) is 9.74. The third kappa shape index (κ3) is 3.64. The molecule has 35 heavy (non-hydrogen) atoms. The van der Waals surface area contributed by atoms with Crippen LogP contribution >= 0.6 is 0 Å². The normalized spacial score (nSPS) is 44.0. The lowest BCUT2D eigenvalue weighted by molar-refractivity contribution is -0.206. The van der Waals surface area contributed by atoms with Gasteiger partial charge in [0.25, 0.3) is 0 Å². The van der Waals surface area contributed by atoms with E-state index < -0.39 is 46.9 Å². The van der Waals surface area contributed by atoms with Crippen LogP contribution in [0, 0.1) is 40.4 Å². The molecule has 7 heteroatoms. The topological polar surface area (TPSA) is 107 Å². The molecule has 7 nitrogen and oxygen atoms in total. The van der Waals surface area contributed by atoms with E-state index in [-0.39, 0.29) is 48.2 Å². The molecule has 0 saturated heterocycles. The summed E-state index contributed by atoms with van der Waals surface area (Å²) in [5, 5.41) is 11.7. The van der Waals surface area contributed by atoms with Crippen molar-refractivity contribution in [1.29, 1.82) is 0 Å². The van der Waals surface area contributed by atoms with Crippen LogP contribution in [0.2, 0.25) is 0 Å². The summed E-state index contributed by atoms with van der Waals surface area (Å²) < 4.78 is 11.2. The van der Waals surface area contributed by atoms with Gasteiger partial charge in [0.1, 0.15) is 0 Å². The number of esters is 2. The van der Waals surface area contributed by atoms with Gasteiger partial charge >= 0.3 is 11.9 Å². The summed E-state index contributed by atoms with van der Waals surface area (Å²) in [6, 6.07) is 0. The molecular formula is C28H38O7. The van der Waals surface area contributed by atoms with E-state index in [0.29, 0.717) is 6.42 Å². The van der Waals surface area contributed by atoms with Crippen LogP contribution in [0.15, 0.2) is 23.8 Å². The van der Waals surface area contributed by atoms with E-state index in [0.717, 1.165) is 12.0 Å². The first-order valence-electron chi connectivity index (χ1n) is 12.8. The fraction of sp³-hybridized carbons (Fsp3) is 0.714. The molecule has 192 valence electrons. The van der Waals surface area contributed by atoms with Gasteiger partial charge < -0.3 is 14.6 Å². The van der Waals surface area contributed by atoms with Gasteiger partial charge in [-0.2, -0.15) is 0 Å². The summed E-state index contributed by atoms with van der Waals surface area (Å²) in [5.74, 6) is -1.66. The quantitative estimate of drug-likeness (QED) is 0.592. The first kappa shape index (κ1) is 25.8.